The quantitative estimate of drug-likeness (QED) is 0.833. The highest BCUT2D eigenvalue weighted by atomic mass is 16.5. The fourth-order valence-corrected chi connectivity index (χ4v) is 3.00. The summed E-state index contributed by atoms with van der Waals surface area (Å²) in [7, 11) is 3.38. The van der Waals surface area contributed by atoms with E-state index in [0.717, 1.165) is 24.2 Å². The Kier molecular flexibility index (Phi) is 5.56. The Morgan fingerprint density at radius 2 is 1.81 bits per heavy atom. The maximum Gasteiger partial charge on any atom is 0.253 e. The second kappa shape index (κ2) is 8.04. The van der Waals surface area contributed by atoms with Crippen LogP contribution >= 0.6 is 0 Å². The van der Waals surface area contributed by atoms with Gasteiger partial charge in [0.2, 0.25) is 5.91 Å². The number of hydrogen-bond acceptors (Lipinski definition) is 3. The Morgan fingerprint density at radius 1 is 1.12 bits per heavy atom. The lowest BCUT2D eigenvalue weighted by molar-refractivity contribution is -0.119. The van der Waals surface area contributed by atoms with Gasteiger partial charge in [0.15, 0.2) is 0 Å². The van der Waals surface area contributed by atoms with E-state index < -0.39 is 0 Å². The number of hydrogen-bond donors (Lipinski definition) is 1. The van der Waals surface area contributed by atoms with Crippen molar-refractivity contribution in [2.24, 2.45) is 5.92 Å². The SMILES string of the molecule is COc1ccccc1CCNC(=O)c1ccccc1N(C)C(=O)C1CC1. The fraction of sp³-hybridized carbons (Fsp3) is 0.333. The van der Waals surface area contributed by atoms with E-state index in [2.05, 4.69) is 5.32 Å². The molecule has 26 heavy (non-hydrogen) atoms. The summed E-state index contributed by atoms with van der Waals surface area (Å²) in [4.78, 5) is 26.6. The minimum absolute atomic E-state index is 0.0827. The summed E-state index contributed by atoms with van der Waals surface area (Å²) in [5, 5.41) is 2.95. The number of carbonyl (C=O) groups is 2. The summed E-state index contributed by atoms with van der Waals surface area (Å²) in [6.07, 6.45) is 2.56. The van der Waals surface area contributed by atoms with Gasteiger partial charge >= 0.3 is 0 Å². The third-order valence-electron chi connectivity index (χ3n) is 4.64. The highest BCUT2D eigenvalue weighted by Crippen LogP contribution is 2.33. The first-order valence-corrected chi connectivity index (χ1v) is 8.88. The first-order valence-electron chi connectivity index (χ1n) is 8.88. The molecule has 1 fully saturated rings. The van der Waals surface area contributed by atoms with Crippen LogP contribution in [-0.2, 0) is 11.2 Å². The predicted octanol–water partition coefficient (Wildman–Crippen LogP) is 3.04. The van der Waals surface area contributed by atoms with Crippen LogP contribution in [0.1, 0.15) is 28.8 Å². The summed E-state index contributed by atoms with van der Waals surface area (Å²) in [6.45, 7) is 0.494. The van der Waals surface area contributed by atoms with Gasteiger partial charge in [-0.15, -0.1) is 0 Å². The van der Waals surface area contributed by atoms with Crippen molar-refractivity contribution in [2.45, 2.75) is 19.3 Å². The number of benzene rings is 2. The minimum Gasteiger partial charge on any atom is -0.496 e. The van der Waals surface area contributed by atoms with Crippen LogP contribution in [0.4, 0.5) is 5.69 Å². The Balaban J connectivity index is 1.65. The molecule has 2 aromatic rings. The van der Waals surface area contributed by atoms with Gasteiger partial charge in [-0.05, 0) is 43.0 Å². The molecule has 0 bridgehead atoms. The van der Waals surface area contributed by atoms with Crippen molar-refractivity contribution in [3.05, 3.63) is 59.7 Å². The van der Waals surface area contributed by atoms with Crippen LogP contribution in [0.15, 0.2) is 48.5 Å². The summed E-state index contributed by atoms with van der Waals surface area (Å²) in [5.41, 5.74) is 2.22. The van der Waals surface area contributed by atoms with Crippen LogP contribution in [-0.4, -0.2) is 32.5 Å². The molecular weight excluding hydrogens is 328 g/mol. The maximum atomic E-state index is 12.6. The second-order valence-electron chi connectivity index (χ2n) is 6.51. The second-order valence-corrected chi connectivity index (χ2v) is 6.51. The zero-order valence-corrected chi connectivity index (χ0v) is 15.2. The summed E-state index contributed by atoms with van der Waals surface area (Å²) in [6, 6.07) is 15.0. The number of amides is 2. The average Bonchev–Trinajstić information content (AvgIpc) is 3.52. The van der Waals surface area contributed by atoms with Crippen molar-refractivity contribution < 1.29 is 14.3 Å². The molecule has 3 rings (SSSR count). The third kappa shape index (κ3) is 4.04. The first-order chi connectivity index (χ1) is 12.6. The average molecular weight is 352 g/mol. The van der Waals surface area contributed by atoms with E-state index in [-0.39, 0.29) is 17.7 Å². The van der Waals surface area contributed by atoms with Gasteiger partial charge in [0, 0.05) is 19.5 Å². The Labute approximate surface area is 154 Å². The maximum absolute atomic E-state index is 12.6. The number of ether oxygens (including phenoxy) is 1. The highest BCUT2D eigenvalue weighted by molar-refractivity contribution is 6.05. The Hall–Kier alpha value is -2.82. The zero-order valence-electron chi connectivity index (χ0n) is 15.2. The van der Waals surface area contributed by atoms with Crippen molar-refractivity contribution in [3.63, 3.8) is 0 Å². The van der Waals surface area contributed by atoms with Crippen LogP contribution in [0.2, 0.25) is 0 Å². The standard InChI is InChI=1S/C21H24N2O3/c1-23(21(25)16-11-12-16)18-9-5-4-8-17(18)20(24)22-14-13-15-7-3-6-10-19(15)26-2/h3-10,16H,11-14H2,1-2H3,(H,22,24). The molecule has 1 saturated carbocycles. The molecule has 0 aromatic heterocycles. The van der Waals surface area contributed by atoms with E-state index in [1.165, 1.54) is 0 Å². The van der Waals surface area contributed by atoms with Gasteiger partial charge < -0.3 is 15.0 Å². The molecule has 2 aromatic carbocycles. The van der Waals surface area contributed by atoms with Crippen molar-refractivity contribution in [1.29, 1.82) is 0 Å². The number of rotatable bonds is 7. The monoisotopic (exact) mass is 352 g/mol. The predicted molar refractivity (Wildman–Crippen MR) is 102 cm³/mol. The van der Waals surface area contributed by atoms with Gasteiger partial charge in [-0.1, -0.05) is 30.3 Å². The van der Waals surface area contributed by atoms with Crippen LogP contribution in [0.25, 0.3) is 0 Å². The first kappa shape index (κ1) is 18.0. The normalized spacial score (nSPS) is 13.2. The largest absolute Gasteiger partial charge is 0.496 e. The van der Waals surface area contributed by atoms with Gasteiger partial charge in [0.25, 0.3) is 5.91 Å². The van der Waals surface area contributed by atoms with Crippen LogP contribution in [0, 0.1) is 5.92 Å². The number of para-hydroxylation sites is 2. The number of nitrogens with one attached hydrogen (secondary N) is 1. The minimum atomic E-state index is -0.175. The lowest BCUT2D eigenvalue weighted by atomic mass is 10.1. The van der Waals surface area contributed by atoms with Crippen LogP contribution in [0.3, 0.4) is 0 Å². The zero-order chi connectivity index (χ0) is 18.5. The van der Waals surface area contributed by atoms with Crippen molar-refractivity contribution in [2.75, 3.05) is 25.6 Å². The lowest BCUT2D eigenvalue weighted by Gasteiger charge is -2.20. The molecule has 0 aliphatic heterocycles. The molecule has 0 radical (unpaired) electrons. The molecule has 1 aliphatic carbocycles. The van der Waals surface area contributed by atoms with Crippen molar-refractivity contribution >= 4 is 17.5 Å². The molecule has 0 atom stereocenters. The molecule has 0 unspecified atom stereocenters. The van der Waals surface area contributed by atoms with Crippen molar-refractivity contribution in [1.82, 2.24) is 5.32 Å². The highest BCUT2D eigenvalue weighted by Gasteiger charge is 2.33. The van der Waals surface area contributed by atoms with Crippen molar-refractivity contribution in [3.8, 4) is 5.75 Å². The van der Waals surface area contributed by atoms with Gasteiger partial charge in [-0.3, -0.25) is 9.59 Å². The summed E-state index contributed by atoms with van der Waals surface area (Å²) < 4.78 is 5.34. The van der Waals surface area contributed by atoms with Gasteiger partial charge in [0.1, 0.15) is 5.75 Å². The van der Waals surface area contributed by atoms with Crippen LogP contribution < -0.4 is 15.0 Å². The van der Waals surface area contributed by atoms with E-state index in [1.807, 2.05) is 42.5 Å². The Morgan fingerprint density at radius 3 is 2.54 bits per heavy atom. The fourth-order valence-electron chi connectivity index (χ4n) is 3.00. The number of nitrogens with zero attached hydrogens (tertiary/aromatic N) is 1. The molecule has 2 amide bonds. The van der Waals surface area contributed by atoms with Gasteiger partial charge in [-0.2, -0.15) is 0 Å². The molecule has 0 saturated heterocycles. The molecule has 1 N–H and O–H groups in total. The smallest absolute Gasteiger partial charge is 0.253 e. The number of methoxy groups -OCH3 is 1. The van der Waals surface area contributed by atoms with Gasteiger partial charge in [-0.25, -0.2) is 0 Å². The van der Waals surface area contributed by atoms with Crippen LogP contribution in [0.5, 0.6) is 5.75 Å². The molecule has 0 spiro atoms. The molecule has 5 nitrogen and oxygen atoms in total. The third-order valence-corrected chi connectivity index (χ3v) is 4.64. The number of anilines is 1. The molecule has 0 heterocycles. The van der Waals surface area contributed by atoms with E-state index in [4.69, 9.17) is 4.74 Å². The van der Waals surface area contributed by atoms with E-state index in [9.17, 15) is 9.59 Å². The Bertz CT molecular complexity index is 799. The number of carbonyl (C=O) groups excluding carboxylic acids is 2. The van der Waals surface area contributed by atoms with Gasteiger partial charge in [0.05, 0.1) is 18.4 Å². The van der Waals surface area contributed by atoms with E-state index in [1.54, 1.807) is 25.1 Å². The molecule has 136 valence electrons. The topological polar surface area (TPSA) is 58.6 Å². The molecular formula is C21H24N2O3. The lowest BCUT2D eigenvalue weighted by Crippen LogP contribution is -2.32. The summed E-state index contributed by atoms with van der Waals surface area (Å²) >= 11 is 0. The molecule has 5 heteroatoms. The molecule has 1 aliphatic rings. The van der Waals surface area contributed by atoms with E-state index >= 15 is 0 Å². The van der Waals surface area contributed by atoms with E-state index in [0.29, 0.717) is 24.2 Å². The summed E-state index contributed by atoms with van der Waals surface area (Å²) in [5.74, 6) is 0.837.